The highest BCUT2D eigenvalue weighted by Crippen LogP contribution is 2.40. The van der Waals surface area contributed by atoms with Gasteiger partial charge < -0.3 is 9.84 Å². The number of likely N-dealkylation sites (tertiary alicyclic amines) is 1. The van der Waals surface area contributed by atoms with Gasteiger partial charge in [0.2, 0.25) is 0 Å². The average molecular weight is 407 g/mol. The molecule has 0 spiro atoms. The van der Waals surface area contributed by atoms with E-state index in [0.29, 0.717) is 37.3 Å². The Hall–Kier alpha value is -2.54. The van der Waals surface area contributed by atoms with E-state index in [4.69, 9.17) is 4.74 Å². The molecule has 0 bridgehead atoms. The molecule has 2 aromatic carbocycles. The summed E-state index contributed by atoms with van der Waals surface area (Å²) >= 11 is 0. The van der Waals surface area contributed by atoms with Gasteiger partial charge in [0.25, 0.3) is 0 Å². The van der Waals surface area contributed by atoms with Crippen molar-refractivity contribution in [2.75, 3.05) is 19.7 Å². The Bertz CT molecular complexity index is 836. The lowest BCUT2D eigenvalue weighted by molar-refractivity contribution is -0.144. The molecule has 2 atom stereocenters. The van der Waals surface area contributed by atoms with Crippen LogP contribution in [0.2, 0.25) is 0 Å². The number of carboxylic acid groups (broad SMARTS) is 1. The molecule has 1 heterocycles. The lowest BCUT2D eigenvalue weighted by atomic mass is 9.89. The number of alkyl halides is 3. The number of benzene rings is 2. The molecule has 3 rings (SSSR count). The average Bonchev–Trinajstić information content (AvgIpc) is 2.69. The predicted octanol–water partition coefficient (Wildman–Crippen LogP) is 4.99. The van der Waals surface area contributed by atoms with Crippen LogP contribution in [0.1, 0.15) is 42.5 Å². The minimum absolute atomic E-state index is 0.134. The molecule has 0 aliphatic carbocycles. The molecule has 4 nitrogen and oxygen atoms in total. The van der Waals surface area contributed by atoms with Gasteiger partial charge in [-0.2, -0.15) is 13.2 Å². The van der Waals surface area contributed by atoms with Crippen LogP contribution in [0.5, 0.6) is 5.75 Å². The first-order valence-corrected chi connectivity index (χ1v) is 9.67. The molecule has 1 saturated heterocycles. The van der Waals surface area contributed by atoms with E-state index >= 15 is 0 Å². The number of hydrogen-bond acceptors (Lipinski definition) is 3. The van der Waals surface area contributed by atoms with Crippen LogP contribution >= 0.6 is 0 Å². The molecule has 0 aromatic heterocycles. The van der Waals surface area contributed by atoms with Crippen molar-refractivity contribution in [3.05, 3.63) is 65.2 Å². The molecule has 1 aliphatic rings. The largest absolute Gasteiger partial charge is 0.494 e. The zero-order chi connectivity index (χ0) is 21.0. The zero-order valence-corrected chi connectivity index (χ0v) is 16.2. The molecule has 1 fully saturated rings. The summed E-state index contributed by atoms with van der Waals surface area (Å²) in [7, 11) is 0. The number of carboxylic acids is 1. The Balaban J connectivity index is 2.06. The molecule has 156 valence electrons. The van der Waals surface area contributed by atoms with E-state index in [1.807, 2.05) is 11.8 Å². The van der Waals surface area contributed by atoms with Crippen molar-refractivity contribution in [2.45, 2.75) is 32.0 Å². The summed E-state index contributed by atoms with van der Waals surface area (Å²) in [5, 5.41) is 9.44. The first-order chi connectivity index (χ1) is 13.8. The molecule has 7 heteroatoms. The van der Waals surface area contributed by atoms with Gasteiger partial charge in [0.1, 0.15) is 5.75 Å². The highest BCUT2D eigenvalue weighted by molar-refractivity contribution is 5.70. The summed E-state index contributed by atoms with van der Waals surface area (Å²) in [5.74, 6) is -0.864. The number of ether oxygens (including phenoxy) is 1. The number of carbonyl (C=O) groups is 1. The van der Waals surface area contributed by atoms with Crippen LogP contribution in [0.25, 0.3) is 0 Å². The third-order valence-electron chi connectivity index (χ3n) is 5.23. The van der Waals surface area contributed by atoms with Crippen molar-refractivity contribution >= 4 is 5.97 Å². The maximum Gasteiger partial charge on any atom is 0.416 e. The molecule has 0 radical (unpaired) electrons. The molecule has 2 unspecified atom stereocenters. The van der Waals surface area contributed by atoms with Crippen molar-refractivity contribution in [1.29, 1.82) is 0 Å². The third-order valence-corrected chi connectivity index (χ3v) is 5.23. The number of piperidine rings is 1. The van der Waals surface area contributed by atoms with Crippen molar-refractivity contribution in [3.8, 4) is 5.75 Å². The molecule has 2 aromatic rings. The molecular weight excluding hydrogens is 383 g/mol. The van der Waals surface area contributed by atoms with Crippen LogP contribution in [0.4, 0.5) is 13.2 Å². The van der Waals surface area contributed by atoms with E-state index in [0.717, 1.165) is 6.07 Å². The molecule has 0 saturated carbocycles. The Morgan fingerprint density at radius 3 is 2.52 bits per heavy atom. The topological polar surface area (TPSA) is 49.8 Å². The molecule has 1 N–H and O–H groups in total. The third kappa shape index (κ3) is 4.90. The van der Waals surface area contributed by atoms with Gasteiger partial charge in [-0.15, -0.1) is 0 Å². The van der Waals surface area contributed by atoms with Crippen LogP contribution in [-0.4, -0.2) is 35.7 Å². The smallest absolute Gasteiger partial charge is 0.416 e. The van der Waals surface area contributed by atoms with E-state index < -0.39 is 29.7 Å². The van der Waals surface area contributed by atoms with Gasteiger partial charge in [0.15, 0.2) is 0 Å². The van der Waals surface area contributed by atoms with Crippen LogP contribution in [-0.2, 0) is 11.0 Å². The zero-order valence-electron chi connectivity index (χ0n) is 16.2. The van der Waals surface area contributed by atoms with Gasteiger partial charge in [-0.05, 0) is 55.6 Å². The first kappa shape index (κ1) is 21.2. The van der Waals surface area contributed by atoms with E-state index in [-0.39, 0.29) is 12.1 Å². The number of aliphatic carboxylic acids is 1. The quantitative estimate of drug-likeness (QED) is 0.733. The molecule has 1 aliphatic heterocycles. The highest BCUT2D eigenvalue weighted by Gasteiger charge is 2.38. The first-order valence-electron chi connectivity index (χ1n) is 9.67. The lowest BCUT2D eigenvalue weighted by Crippen LogP contribution is -2.41. The second-order valence-corrected chi connectivity index (χ2v) is 7.16. The second-order valence-electron chi connectivity index (χ2n) is 7.16. The number of rotatable bonds is 6. The predicted molar refractivity (Wildman–Crippen MR) is 103 cm³/mol. The Labute approximate surface area is 167 Å². The van der Waals surface area contributed by atoms with E-state index in [1.165, 1.54) is 12.1 Å². The normalized spacial score (nSPS) is 19.0. The van der Waals surface area contributed by atoms with Crippen molar-refractivity contribution in [2.24, 2.45) is 5.92 Å². The Kier molecular flexibility index (Phi) is 6.47. The minimum Gasteiger partial charge on any atom is -0.494 e. The number of halogens is 3. The summed E-state index contributed by atoms with van der Waals surface area (Å²) in [6.45, 7) is 3.09. The highest BCUT2D eigenvalue weighted by atomic mass is 19.4. The minimum atomic E-state index is -4.50. The summed E-state index contributed by atoms with van der Waals surface area (Å²) < 4.78 is 46.6. The van der Waals surface area contributed by atoms with Crippen LogP contribution in [0.3, 0.4) is 0 Å². The van der Waals surface area contributed by atoms with Crippen LogP contribution in [0.15, 0.2) is 48.5 Å². The van der Waals surface area contributed by atoms with Crippen molar-refractivity contribution in [3.63, 3.8) is 0 Å². The van der Waals surface area contributed by atoms with Crippen molar-refractivity contribution in [1.82, 2.24) is 4.90 Å². The molecule has 29 heavy (non-hydrogen) atoms. The van der Waals surface area contributed by atoms with Gasteiger partial charge in [0, 0.05) is 6.54 Å². The summed E-state index contributed by atoms with van der Waals surface area (Å²) in [6.07, 6.45) is -3.34. The fourth-order valence-electron chi connectivity index (χ4n) is 3.94. The standard InChI is InChI=1S/C22H24F3NO3/c1-2-29-17-11-9-15(10-12-17)20(26-13-5-6-16(14-26)21(27)28)18-7-3-4-8-19(18)22(23,24)25/h3-4,7-12,16,20H,2,5-6,13-14H2,1H3,(H,27,28). The van der Waals surface area contributed by atoms with E-state index in [1.54, 1.807) is 30.3 Å². The van der Waals surface area contributed by atoms with E-state index in [2.05, 4.69) is 0 Å². The summed E-state index contributed by atoms with van der Waals surface area (Å²) in [5.41, 5.74) is 0.114. The van der Waals surface area contributed by atoms with Gasteiger partial charge in [0.05, 0.1) is 24.1 Å². The van der Waals surface area contributed by atoms with E-state index in [9.17, 15) is 23.1 Å². The lowest BCUT2D eigenvalue weighted by Gasteiger charge is -2.38. The number of nitrogens with zero attached hydrogens (tertiary/aromatic N) is 1. The van der Waals surface area contributed by atoms with Gasteiger partial charge in [-0.3, -0.25) is 9.69 Å². The Morgan fingerprint density at radius 1 is 1.21 bits per heavy atom. The van der Waals surface area contributed by atoms with Crippen molar-refractivity contribution < 1.29 is 27.8 Å². The Morgan fingerprint density at radius 2 is 1.90 bits per heavy atom. The summed E-state index contributed by atoms with van der Waals surface area (Å²) in [4.78, 5) is 13.4. The fourth-order valence-corrected chi connectivity index (χ4v) is 3.94. The van der Waals surface area contributed by atoms with Crippen LogP contribution < -0.4 is 4.74 Å². The summed E-state index contributed by atoms with van der Waals surface area (Å²) in [6, 6.07) is 11.8. The van der Waals surface area contributed by atoms with Gasteiger partial charge >= 0.3 is 12.1 Å². The maximum atomic E-state index is 13.7. The maximum absolute atomic E-state index is 13.7. The number of hydrogen-bond donors (Lipinski definition) is 1. The molecule has 0 amide bonds. The monoisotopic (exact) mass is 407 g/mol. The van der Waals surface area contributed by atoms with Gasteiger partial charge in [-0.25, -0.2) is 0 Å². The second kappa shape index (κ2) is 8.86. The van der Waals surface area contributed by atoms with Gasteiger partial charge in [-0.1, -0.05) is 30.3 Å². The fraction of sp³-hybridized carbons (Fsp3) is 0.409. The SMILES string of the molecule is CCOc1ccc(C(c2ccccc2C(F)(F)F)N2CCCC(C(=O)O)C2)cc1. The molecular formula is C22H24F3NO3. The van der Waals surface area contributed by atoms with Crippen LogP contribution in [0, 0.1) is 5.92 Å².